The molecule has 0 saturated carbocycles. The summed E-state index contributed by atoms with van der Waals surface area (Å²) in [6.45, 7) is 14.6. The van der Waals surface area contributed by atoms with Crippen LogP contribution in [0, 0.1) is 13.8 Å². The van der Waals surface area contributed by atoms with E-state index in [4.69, 9.17) is 4.74 Å². The van der Waals surface area contributed by atoms with Gasteiger partial charge in [-0.25, -0.2) is 0 Å². The number of carbonyl (C=O) groups excluding carboxylic acids is 1. The monoisotopic (exact) mass is 367 g/mol. The van der Waals surface area contributed by atoms with Gasteiger partial charge < -0.3 is 10.1 Å². The zero-order chi connectivity index (χ0) is 20.2. The van der Waals surface area contributed by atoms with Gasteiger partial charge in [0.05, 0.1) is 6.04 Å². The van der Waals surface area contributed by atoms with Crippen LogP contribution in [-0.2, 0) is 10.2 Å². The summed E-state index contributed by atoms with van der Waals surface area (Å²) in [5, 5.41) is 3.13. The first-order valence-electron chi connectivity index (χ1n) is 9.76. The fourth-order valence-corrected chi connectivity index (χ4v) is 3.20. The molecule has 0 aromatic heterocycles. The molecule has 2 aromatic rings. The quantitative estimate of drug-likeness (QED) is 0.718. The molecule has 2 atom stereocenters. The van der Waals surface area contributed by atoms with Crippen LogP contribution in [-0.4, -0.2) is 12.0 Å². The number of amides is 1. The van der Waals surface area contributed by atoms with Gasteiger partial charge in [-0.05, 0) is 61.4 Å². The van der Waals surface area contributed by atoms with Gasteiger partial charge in [0.25, 0.3) is 5.91 Å². The molecule has 1 N–H and O–H groups in total. The van der Waals surface area contributed by atoms with Gasteiger partial charge in [0.2, 0.25) is 0 Å². The van der Waals surface area contributed by atoms with E-state index >= 15 is 0 Å². The lowest BCUT2D eigenvalue weighted by molar-refractivity contribution is -0.128. The minimum atomic E-state index is -0.551. The predicted molar refractivity (Wildman–Crippen MR) is 112 cm³/mol. The summed E-state index contributed by atoms with van der Waals surface area (Å²) in [7, 11) is 0. The van der Waals surface area contributed by atoms with E-state index in [-0.39, 0.29) is 17.4 Å². The molecule has 0 saturated heterocycles. The van der Waals surface area contributed by atoms with Crippen LogP contribution in [0.5, 0.6) is 5.75 Å². The molecule has 0 heterocycles. The van der Waals surface area contributed by atoms with Gasteiger partial charge in [0, 0.05) is 0 Å². The normalized spacial score (nSPS) is 13.7. The molecule has 0 fully saturated rings. The fourth-order valence-electron chi connectivity index (χ4n) is 3.20. The van der Waals surface area contributed by atoms with E-state index in [9.17, 15) is 4.79 Å². The first-order chi connectivity index (χ1) is 12.6. The van der Waals surface area contributed by atoms with Gasteiger partial charge in [-0.15, -0.1) is 0 Å². The van der Waals surface area contributed by atoms with Crippen LogP contribution in [0.15, 0.2) is 42.5 Å². The van der Waals surface area contributed by atoms with Crippen molar-refractivity contribution < 1.29 is 9.53 Å². The Kier molecular flexibility index (Phi) is 6.69. The van der Waals surface area contributed by atoms with E-state index in [1.54, 1.807) is 6.92 Å². The minimum Gasteiger partial charge on any atom is -0.481 e. The summed E-state index contributed by atoms with van der Waals surface area (Å²) in [5.41, 5.74) is 4.94. The van der Waals surface area contributed by atoms with Gasteiger partial charge in [-0.1, -0.05) is 63.6 Å². The van der Waals surface area contributed by atoms with Crippen molar-refractivity contribution >= 4 is 5.91 Å². The third kappa shape index (κ3) is 5.59. The van der Waals surface area contributed by atoms with Crippen molar-refractivity contribution in [1.82, 2.24) is 5.32 Å². The molecular weight excluding hydrogens is 334 g/mol. The highest BCUT2D eigenvalue weighted by atomic mass is 16.5. The molecule has 2 aromatic carbocycles. The number of ether oxygens (including phenoxy) is 1. The Hall–Kier alpha value is -2.29. The predicted octanol–water partition coefficient (Wildman–Crippen LogP) is 5.64. The number of rotatable bonds is 6. The Morgan fingerprint density at radius 1 is 1.07 bits per heavy atom. The maximum atomic E-state index is 12.7. The maximum Gasteiger partial charge on any atom is 0.261 e. The first-order valence-corrected chi connectivity index (χ1v) is 9.76. The average molecular weight is 368 g/mol. The maximum absolute atomic E-state index is 12.7. The molecule has 0 aliphatic heterocycles. The number of hydrogen-bond acceptors (Lipinski definition) is 2. The largest absolute Gasteiger partial charge is 0.481 e. The SMILES string of the molecule is CCC(NC(=O)C(C)Oc1ccc(C(C)(C)C)cc1)c1ccc(C)cc1C. The molecule has 27 heavy (non-hydrogen) atoms. The van der Waals surface area contributed by atoms with Crippen molar-refractivity contribution in [2.45, 2.75) is 72.4 Å². The van der Waals surface area contributed by atoms with Gasteiger partial charge in [0.15, 0.2) is 6.10 Å². The number of nitrogens with one attached hydrogen (secondary N) is 1. The Balaban J connectivity index is 2.03. The van der Waals surface area contributed by atoms with Gasteiger partial charge in [-0.2, -0.15) is 0 Å². The van der Waals surface area contributed by atoms with Crippen LogP contribution in [0.25, 0.3) is 0 Å². The topological polar surface area (TPSA) is 38.3 Å². The van der Waals surface area contributed by atoms with Crippen molar-refractivity contribution in [1.29, 1.82) is 0 Å². The van der Waals surface area contributed by atoms with Crippen molar-refractivity contribution in [3.05, 3.63) is 64.7 Å². The third-order valence-corrected chi connectivity index (χ3v) is 4.93. The van der Waals surface area contributed by atoms with E-state index in [0.717, 1.165) is 12.0 Å². The second kappa shape index (κ2) is 8.60. The van der Waals surface area contributed by atoms with Crippen molar-refractivity contribution in [3.63, 3.8) is 0 Å². The number of benzene rings is 2. The molecule has 2 rings (SSSR count). The second-order valence-electron chi connectivity index (χ2n) is 8.36. The molecule has 0 spiro atoms. The van der Waals surface area contributed by atoms with E-state index in [1.807, 2.05) is 12.1 Å². The lowest BCUT2D eigenvalue weighted by Gasteiger charge is -2.23. The lowest BCUT2D eigenvalue weighted by atomic mass is 9.87. The Bertz CT molecular complexity index is 772. The molecule has 2 unspecified atom stereocenters. The summed E-state index contributed by atoms with van der Waals surface area (Å²) in [6.07, 6.45) is 0.285. The second-order valence-corrected chi connectivity index (χ2v) is 8.36. The standard InChI is InChI=1S/C24H33NO2/c1-8-22(21-14-9-16(2)15-17(21)3)25-23(26)18(4)27-20-12-10-19(11-13-20)24(5,6)7/h9-15,18,22H,8H2,1-7H3,(H,25,26). The van der Waals surface area contributed by atoms with Crippen LogP contribution >= 0.6 is 0 Å². The Labute approximate surface area is 164 Å². The lowest BCUT2D eigenvalue weighted by Crippen LogP contribution is -2.38. The molecule has 1 amide bonds. The smallest absolute Gasteiger partial charge is 0.261 e. The van der Waals surface area contributed by atoms with Crippen molar-refractivity contribution in [2.75, 3.05) is 0 Å². The summed E-state index contributed by atoms with van der Waals surface area (Å²) in [6, 6.07) is 14.3. The first kappa shape index (κ1) is 21.0. The van der Waals surface area contributed by atoms with Gasteiger partial charge in [-0.3, -0.25) is 4.79 Å². The van der Waals surface area contributed by atoms with Gasteiger partial charge in [0.1, 0.15) is 5.75 Å². The van der Waals surface area contributed by atoms with E-state index in [1.165, 1.54) is 16.7 Å². The fraction of sp³-hybridized carbons (Fsp3) is 0.458. The van der Waals surface area contributed by atoms with Crippen LogP contribution in [0.2, 0.25) is 0 Å². The molecule has 0 aliphatic rings. The number of hydrogen-bond donors (Lipinski definition) is 1. The van der Waals surface area contributed by atoms with Crippen LogP contribution in [0.4, 0.5) is 0 Å². The minimum absolute atomic E-state index is 0.00702. The molecule has 0 radical (unpaired) electrons. The van der Waals surface area contributed by atoms with E-state index in [2.05, 4.69) is 77.2 Å². The zero-order valence-electron chi connectivity index (χ0n) is 17.7. The van der Waals surface area contributed by atoms with E-state index in [0.29, 0.717) is 5.75 Å². The van der Waals surface area contributed by atoms with Crippen LogP contribution in [0.1, 0.15) is 69.3 Å². The highest BCUT2D eigenvalue weighted by Crippen LogP contribution is 2.25. The molecule has 3 nitrogen and oxygen atoms in total. The summed E-state index contributed by atoms with van der Waals surface area (Å²) >= 11 is 0. The zero-order valence-corrected chi connectivity index (χ0v) is 17.7. The molecule has 146 valence electrons. The van der Waals surface area contributed by atoms with Gasteiger partial charge >= 0.3 is 0 Å². The molecule has 3 heteroatoms. The van der Waals surface area contributed by atoms with Crippen LogP contribution in [0.3, 0.4) is 0 Å². The summed E-state index contributed by atoms with van der Waals surface area (Å²) < 4.78 is 5.86. The number of carbonyl (C=O) groups is 1. The average Bonchev–Trinajstić information content (AvgIpc) is 2.59. The molecule has 0 bridgehead atoms. The third-order valence-electron chi connectivity index (χ3n) is 4.93. The Morgan fingerprint density at radius 3 is 2.22 bits per heavy atom. The highest BCUT2D eigenvalue weighted by molar-refractivity contribution is 5.81. The summed E-state index contributed by atoms with van der Waals surface area (Å²) in [5.74, 6) is 0.618. The molecule has 0 aliphatic carbocycles. The van der Waals surface area contributed by atoms with Crippen LogP contribution < -0.4 is 10.1 Å². The Morgan fingerprint density at radius 2 is 1.70 bits per heavy atom. The van der Waals surface area contributed by atoms with Crippen molar-refractivity contribution in [3.8, 4) is 5.75 Å². The molecular formula is C24H33NO2. The van der Waals surface area contributed by atoms with Crippen molar-refractivity contribution in [2.24, 2.45) is 0 Å². The summed E-state index contributed by atoms with van der Waals surface area (Å²) in [4.78, 5) is 12.7. The highest BCUT2D eigenvalue weighted by Gasteiger charge is 2.21. The number of aryl methyl sites for hydroxylation is 2. The van der Waals surface area contributed by atoms with E-state index < -0.39 is 6.10 Å².